The predicted octanol–water partition coefficient (Wildman–Crippen LogP) is 1.90. The standard InChI is InChI=1S/C18H17FN6O2/c1-9(15(20)26)23-18-13(19)7-12(16(21)27)17(25-18)24-11-6-10-4-2-3-5-14(10)22-8-11/h2-9H,1H3,(H2,20,26)(H2,21,27)(H2,23,24,25)/t9-/m1/s1. The van der Waals surface area contributed by atoms with Gasteiger partial charge in [0.25, 0.3) is 5.91 Å². The number of aromatic nitrogens is 2. The van der Waals surface area contributed by atoms with E-state index in [4.69, 9.17) is 11.5 Å². The average molecular weight is 368 g/mol. The maximum atomic E-state index is 14.2. The Morgan fingerprint density at radius 2 is 1.89 bits per heavy atom. The molecule has 2 heterocycles. The van der Waals surface area contributed by atoms with Crippen LogP contribution in [0.3, 0.4) is 0 Å². The molecule has 0 aliphatic rings. The fraction of sp³-hybridized carbons (Fsp3) is 0.111. The van der Waals surface area contributed by atoms with Crippen LogP contribution in [0.5, 0.6) is 0 Å². The number of benzene rings is 1. The number of nitrogens with zero attached hydrogens (tertiary/aromatic N) is 2. The highest BCUT2D eigenvalue weighted by atomic mass is 19.1. The Morgan fingerprint density at radius 3 is 2.59 bits per heavy atom. The molecule has 0 saturated carbocycles. The van der Waals surface area contributed by atoms with Gasteiger partial charge in [0.1, 0.15) is 11.9 Å². The number of fused-ring (bicyclic) bond motifs is 1. The van der Waals surface area contributed by atoms with Crippen molar-refractivity contribution in [1.82, 2.24) is 9.97 Å². The van der Waals surface area contributed by atoms with Crippen molar-refractivity contribution in [2.45, 2.75) is 13.0 Å². The molecule has 8 nitrogen and oxygen atoms in total. The number of hydrogen-bond donors (Lipinski definition) is 4. The largest absolute Gasteiger partial charge is 0.368 e. The molecule has 27 heavy (non-hydrogen) atoms. The minimum absolute atomic E-state index is 0.0279. The Labute approximate surface area is 153 Å². The van der Waals surface area contributed by atoms with E-state index in [1.54, 1.807) is 12.3 Å². The van der Waals surface area contributed by atoms with Crippen molar-refractivity contribution in [3.63, 3.8) is 0 Å². The first-order valence-corrected chi connectivity index (χ1v) is 8.03. The number of primary amides is 2. The summed E-state index contributed by atoms with van der Waals surface area (Å²) in [6, 6.07) is 9.36. The van der Waals surface area contributed by atoms with Crippen LogP contribution in [0.25, 0.3) is 10.9 Å². The minimum atomic E-state index is -0.860. The Hall–Kier alpha value is -3.75. The topological polar surface area (TPSA) is 136 Å². The summed E-state index contributed by atoms with van der Waals surface area (Å²) in [5.41, 5.74) is 11.7. The van der Waals surface area contributed by atoms with Gasteiger partial charge in [0, 0.05) is 5.39 Å². The van der Waals surface area contributed by atoms with Crippen LogP contribution in [0, 0.1) is 5.82 Å². The summed E-state index contributed by atoms with van der Waals surface area (Å²) in [6.07, 6.45) is 1.55. The third kappa shape index (κ3) is 3.92. The second-order valence-corrected chi connectivity index (χ2v) is 5.89. The van der Waals surface area contributed by atoms with Gasteiger partial charge in [-0.1, -0.05) is 18.2 Å². The number of pyridine rings is 2. The van der Waals surface area contributed by atoms with Crippen molar-refractivity contribution in [3.8, 4) is 0 Å². The quantitative estimate of drug-likeness (QED) is 0.525. The third-order valence-corrected chi connectivity index (χ3v) is 3.87. The van der Waals surface area contributed by atoms with E-state index < -0.39 is 23.7 Å². The summed E-state index contributed by atoms with van der Waals surface area (Å²) in [5.74, 6) is -2.57. The molecule has 1 atom stereocenters. The number of carbonyl (C=O) groups excluding carboxylic acids is 2. The molecule has 0 saturated heterocycles. The number of halogens is 1. The van der Waals surface area contributed by atoms with Crippen molar-refractivity contribution in [2.24, 2.45) is 11.5 Å². The fourth-order valence-electron chi connectivity index (χ4n) is 2.43. The van der Waals surface area contributed by atoms with Gasteiger partial charge in [0.05, 0.1) is 23.0 Å². The molecular weight excluding hydrogens is 351 g/mol. The smallest absolute Gasteiger partial charge is 0.252 e. The van der Waals surface area contributed by atoms with Gasteiger partial charge in [0.2, 0.25) is 5.91 Å². The van der Waals surface area contributed by atoms with E-state index in [1.165, 1.54) is 6.92 Å². The van der Waals surface area contributed by atoms with Crippen molar-refractivity contribution < 1.29 is 14.0 Å². The van der Waals surface area contributed by atoms with Gasteiger partial charge in [-0.05, 0) is 25.1 Å². The molecule has 6 N–H and O–H groups in total. The summed E-state index contributed by atoms with van der Waals surface area (Å²) in [5, 5.41) is 6.35. The van der Waals surface area contributed by atoms with E-state index in [-0.39, 0.29) is 17.2 Å². The lowest BCUT2D eigenvalue weighted by Crippen LogP contribution is -2.33. The predicted molar refractivity (Wildman–Crippen MR) is 100 cm³/mol. The van der Waals surface area contributed by atoms with E-state index in [9.17, 15) is 14.0 Å². The van der Waals surface area contributed by atoms with E-state index in [1.807, 2.05) is 24.3 Å². The number of anilines is 3. The van der Waals surface area contributed by atoms with Gasteiger partial charge in [-0.3, -0.25) is 14.6 Å². The van der Waals surface area contributed by atoms with E-state index >= 15 is 0 Å². The molecule has 9 heteroatoms. The number of nitrogens with two attached hydrogens (primary N) is 2. The van der Waals surface area contributed by atoms with Crippen LogP contribution in [0.2, 0.25) is 0 Å². The first kappa shape index (κ1) is 18.1. The van der Waals surface area contributed by atoms with Crippen LogP contribution in [0.15, 0.2) is 42.6 Å². The van der Waals surface area contributed by atoms with Crippen LogP contribution >= 0.6 is 0 Å². The summed E-state index contributed by atoms with van der Waals surface area (Å²) in [7, 11) is 0. The lowest BCUT2D eigenvalue weighted by atomic mass is 10.2. The maximum Gasteiger partial charge on any atom is 0.252 e. The molecule has 1 aromatic carbocycles. The molecule has 0 fully saturated rings. The fourth-order valence-corrected chi connectivity index (χ4v) is 2.43. The zero-order valence-electron chi connectivity index (χ0n) is 14.4. The second-order valence-electron chi connectivity index (χ2n) is 5.89. The summed E-state index contributed by atoms with van der Waals surface area (Å²) < 4.78 is 14.2. The first-order chi connectivity index (χ1) is 12.8. The van der Waals surface area contributed by atoms with Crippen LogP contribution in [0.4, 0.5) is 21.7 Å². The van der Waals surface area contributed by atoms with Crippen LogP contribution in [-0.4, -0.2) is 27.8 Å². The minimum Gasteiger partial charge on any atom is -0.368 e. The van der Waals surface area contributed by atoms with Gasteiger partial charge >= 0.3 is 0 Å². The highest BCUT2D eigenvalue weighted by Crippen LogP contribution is 2.25. The van der Waals surface area contributed by atoms with Gasteiger partial charge in [-0.2, -0.15) is 0 Å². The Morgan fingerprint density at radius 1 is 1.15 bits per heavy atom. The van der Waals surface area contributed by atoms with Crippen molar-refractivity contribution in [1.29, 1.82) is 0 Å². The SMILES string of the molecule is C[C@@H](Nc1nc(Nc2cnc3ccccc3c2)c(C(N)=O)cc1F)C(N)=O. The van der Waals surface area contributed by atoms with Gasteiger partial charge < -0.3 is 22.1 Å². The normalized spacial score (nSPS) is 11.8. The van der Waals surface area contributed by atoms with E-state index in [2.05, 4.69) is 20.6 Å². The van der Waals surface area contributed by atoms with Crippen LogP contribution in [-0.2, 0) is 4.79 Å². The number of amides is 2. The van der Waals surface area contributed by atoms with Crippen molar-refractivity contribution in [3.05, 3.63) is 54.0 Å². The highest BCUT2D eigenvalue weighted by molar-refractivity contribution is 5.99. The monoisotopic (exact) mass is 368 g/mol. The molecule has 0 unspecified atom stereocenters. The van der Waals surface area contributed by atoms with Gasteiger partial charge in [-0.25, -0.2) is 9.37 Å². The zero-order chi connectivity index (χ0) is 19.6. The molecule has 0 radical (unpaired) electrons. The molecule has 0 aliphatic carbocycles. The van der Waals surface area contributed by atoms with E-state index in [0.29, 0.717) is 5.69 Å². The summed E-state index contributed by atoms with van der Waals surface area (Å²) in [4.78, 5) is 31.2. The summed E-state index contributed by atoms with van der Waals surface area (Å²) >= 11 is 0. The molecule has 3 aromatic rings. The highest BCUT2D eigenvalue weighted by Gasteiger charge is 2.19. The first-order valence-electron chi connectivity index (χ1n) is 8.03. The zero-order valence-corrected chi connectivity index (χ0v) is 14.4. The molecule has 3 rings (SSSR count). The number of nitrogens with one attached hydrogen (secondary N) is 2. The van der Waals surface area contributed by atoms with Crippen LogP contribution in [0.1, 0.15) is 17.3 Å². The number of para-hydroxylation sites is 1. The van der Waals surface area contributed by atoms with Crippen molar-refractivity contribution >= 4 is 40.0 Å². The molecular formula is C18H17FN6O2. The molecule has 0 spiro atoms. The number of carbonyl (C=O) groups is 2. The van der Waals surface area contributed by atoms with E-state index in [0.717, 1.165) is 17.0 Å². The number of hydrogen-bond acceptors (Lipinski definition) is 6. The molecule has 2 aromatic heterocycles. The lowest BCUT2D eigenvalue weighted by Gasteiger charge is -2.15. The van der Waals surface area contributed by atoms with Crippen LogP contribution < -0.4 is 22.1 Å². The molecule has 2 amide bonds. The molecule has 138 valence electrons. The summed E-state index contributed by atoms with van der Waals surface area (Å²) in [6.45, 7) is 1.46. The Balaban J connectivity index is 2.00. The Bertz CT molecular complexity index is 1040. The lowest BCUT2D eigenvalue weighted by molar-refractivity contribution is -0.118. The maximum absolute atomic E-state index is 14.2. The molecule has 0 bridgehead atoms. The van der Waals surface area contributed by atoms with Gasteiger partial charge in [-0.15, -0.1) is 0 Å². The van der Waals surface area contributed by atoms with Crippen molar-refractivity contribution in [2.75, 3.05) is 10.6 Å². The second kappa shape index (κ2) is 7.24. The Kier molecular flexibility index (Phi) is 4.84. The third-order valence-electron chi connectivity index (χ3n) is 3.87. The van der Waals surface area contributed by atoms with Gasteiger partial charge in [0.15, 0.2) is 11.6 Å². The molecule has 0 aliphatic heterocycles. The number of rotatable bonds is 6. The average Bonchev–Trinajstić information content (AvgIpc) is 2.63.